The number of fused-ring (bicyclic) bond motifs is 1. The molecule has 0 bridgehead atoms. The number of carboxylic acid groups (broad SMARTS) is 1. The summed E-state index contributed by atoms with van der Waals surface area (Å²) in [5.41, 5.74) is 0.104. The molecule has 0 atom stereocenters. The number of hydrogen-bond donors (Lipinski definition) is 1. The predicted molar refractivity (Wildman–Crippen MR) is 93.3 cm³/mol. The highest BCUT2D eigenvalue weighted by molar-refractivity contribution is 9.10. The number of nitrogens with zero attached hydrogens (tertiary/aromatic N) is 2. The highest BCUT2D eigenvalue weighted by Gasteiger charge is 2.15. The van der Waals surface area contributed by atoms with Gasteiger partial charge in [0.15, 0.2) is 0 Å². The van der Waals surface area contributed by atoms with E-state index in [4.69, 9.17) is 5.11 Å². The van der Waals surface area contributed by atoms with Gasteiger partial charge in [-0.25, -0.2) is 9.36 Å². The molecule has 2 aromatic carbocycles. The lowest BCUT2D eigenvalue weighted by Gasteiger charge is -2.13. The van der Waals surface area contributed by atoms with Gasteiger partial charge in [-0.2, -0.15) is 0 Å². The Balaban J connectivity index is 2.32. The number of carboxylic acids is 1. The smallest absolute Gasteiger partial charge is 0.332 e. The first kappa shape index (κ1) is 16.2. The van der Waals surface area contributed by atoms with E-state index >= 15 is 0 Å². The van der Waals surface area contributed by atoms with Crippen LogP contribution in [0.15, 0.2) is 62.6 Å². The maximum Gasteiger partial charge on any atom is 0.332 e. The Labute approximate surface area is 144 Å². The molecule has 0 saturated carbocycles. The largest absolute Gasteiger partial charge is 0.480 e. The zero-order valence-corrected chi connectivity index (χ0v) is 14.1. The van der Waals surface area contributed by atoms with Gasteiger partial charge in [0.2, 0.25) is 0 Å². The number of halogens is 1. The van der Waals surface area contributed by atoms with Crippen molar-refractivity contribution in [3.63, 3.8) is 0 Å². The third-order valence-electron chi connectivity index (χ3n) is 3.66. The lowest BCUT2D eigenvalue weighted by atomic mass is 10.2. The second-order valence-electron chi connectivity index (χ2n) is 5.30. The molecule has 1 heterocycles. The van der Waals surface area contributed by atoms with Crippen molar-refractivity contribution in [3.8, 4) is 0 Å². The van der Waals surface area contributed by atoms with Crippen molar-refractivity contribution in [2.45, 2.75) is 13.1 Å². The van der Waals surface area contributed by atoms with Crippen LogP contribution in [-0.4, -0.2) is 20.2 Å². The maximum atomic E-state index is 12.7. The van der Waals surface area contributed by atoms with Crippen LogP contribution in [0.2, 0.25) is 0 Å². The summed E-state index contributed by atoms with van der Waals surface area (Å²) in [6, 6.07) is 14.3. The molecule has 24 heavy (non-hydrogen) atoms. The normalized spacial score (nSPS) is 10.9. The lowest BCUT2D eigenvalue weighted by molar-refractivity contribution is -0.137. The number of hydrogen-bond acceptors (Lipinski definition) is 3. The van der Waals surface area contributed by atoms with Crippen LogP contribution in [0.4, 0.5) is 0 Å². The van der Waals surface area contributed by atoms with Gasteiger partial charge in [-0.05, 0) is 23.8 Å². The molecule has 0 aliphatic carbocycles. The van der Waals surface area contributed by atoms with E-state index in [-0.39, 0.29) is 6.54 Å². The Morgan fingerprint density at radius 2 is 1.75 bits per heavy atom. The first-order valence-electron chi connectivity index (χ1n) is 7.16. The molecule has 3 aromatic rings. The zero-order valence-electron chi connectivity index (χ0n) is 12.5. The second kappa shape index (κ2) is 6.45. The summed E-state index contributed by atoms with van der Waals surface area (Å²) in [6.07, 6.45) is 0. The van der Waals surface area contributed by atoms with Crippen molar-refractivity contribution in [2.24, 2.45) is 0 Å². The number of benzene rings is 2. The topological polar surface area (TPSA) is 81.3 Å². The molecule has 0 radical (unpaired) electrons. The fraction of sp³-hybridized carbons (Fsp3) is 0.118. The first-order valence-corrected chi connectivity index (χ1v) is 7.95. The molecule has 0 amide bonds. The van der Waals surface area contributed by atoms with Crippen LogP contribution in [0.5, 0.6) is 0 Å². The summed E-state index contributed by atoms with van der Waals surface area (Å²) in [4.78, 5) is 36.2. The van der Waals surface area contributed by atoms with Gasteiger partial charge in [-0.15, -0.1) is 0 Å². The zero-order chi connectivity index (χ0) is 17.3. The van der Waals surface area contributed by atoms with Gasteiger partial charge in [-0.3, -0.25) is 14.2 Å². The Bertz CT molecular complexity index is 1040. The molecule has 0 aliphatic heterocycles. The molecule has 0 unspecified atom stereocenters. The van der Waals surface area contributed by atoms with Crippen molar-refractivity contribution in [1.82, 2.24) is 9.13 Å². The highest BCUT2D eigenvalue weighted by Crippen LogP contribution is 2.17. The van der Waals surface area contributed by atoms with Gasteiger partial charge < -0.3 is 5.11 Å². The number of aliphatic carboxylic acids is 1. The summed E-state index contributed by atoms with van der Waals surface area (Å²) in [5, 5.41) is 9.30. The molecular formula is C17H13BrN2O4. The summed E-state index contributed by atoms with van der Waals surface area (Å²) in [7, 11) is 0. The maximum absolute atomic E-state index is 12.7. The second-order valence-corrected chi connectivity index (χ2v) is 6.22. The third-order valence-corrected chi connectivity index (χ3v) is 4.16. The van der Waals surface area contributed by atoms with E-state index in [1.54, 1.807) is 18.2 Å². The van der Waals surface area contributed by atoms with E-state index in [9.17, 15) is 14.4 Å². The quantitative estimate of drug-likeness (QED) is 0.741. The van der Waals surface area contributed by atoms with Gasteiger partial charge in [0.05, 0.1) is 17.4 Å². The molecule has 0 fully saturated rings. The molecule has 1 aromatic heterocycles. The predicted octanol–water partition coefficient (Wildman–Crippen LogP) is 2.06. The fourth-order valence-electron chi connectivity index (χ4n) is 2.59. The molecule has 0 aliphatic rings. The summed E-state index contributed by atoms with van der Waals surface area (Å²) < 4.78 is 2.85. The molecule has 122 valence electrons. The molecule has 6 nitrogen and oxygen atoms in total. The van der Waals surface area contributed by atoms with Crippen LogP contribution in [0.3, 0.4) is 0 Å². The van der Waals surface area contributed by atoms with Crippen molar-refractivity contribution >= 4 is 32.8 Å². The van der Waals surface area contributed by atoms with Crippen LogP contribution in [0.25, 0.3) is 10.9 Å². The van der Waals surface area contributed by atoms with Crippen molar-refractivity contribution in [3.05, 3.63) is 79.4 Å². The minimum atomic E-state index is -1.24. The van der Waals surface area contributed by atoms with Crippen LogP contribution < -0.4 is 11.2 Å². The van der Waals surface area contributed by atoms with E-state index in [0.29, 0.717) is 15.4 Å². The van der Waals surface area contributed by atoms with E-state index in [1.807, 2.05) is 30.3 Å². The van der Waals surface area contributed by atoms with Gasteiger partial charge in [0, 0.05) is 4.47 Å². The minimum absolute atomic E-state index is 0.248. The van der Waals surface area contributed by atoms with Crippen LogP contribution in [-0.2, 0) is 17.9 Å². The van der Waals surface area contributed by atoms with Gasteiger partial charge in [-0.1, -0.05) is 46.3 Å². The standard InChI is InChI=1S/C17H13BrN2O4/c18-12-6-7-14-13(8-12)16(23)20(10-15(21)22)17(24)19(14)9-11-4-2-1-3-5-11/h1-8H,9-10H2,(H,21,22). The highest BCUT2D eigenvalue weighted by atomic mass is 79.9. The SMILES string of the molecule is O=C(O)Cn1c(=O)c2cc(Br)ccc2n(Cc2ccccc2)c1=O. The molecule has 0 saturated heterocycles. The monoisotopic (exact) mass is 388 g/mol. The van der Waals surface area contributed by atoms with E-state index in [2.05, 4.69) is 15.9 Å². The number of carbonyl (C=O) groups is 1. The van der Waals surface area contributed by atoms with Crippen LogP contribution in [0.1, 0.15) is 5.56 Å². The van der Waals surface area contributed by atoms with Crippen LogP contribution >= 0.6 is 15.9 Å². The summed E-state index contributed by atoms with van der Waals surface area (Å²) >= 11 is 3.30. The molecule has 0 spiro atoms. The number of rotatable bonds is 4. The minimum Gasteiger partial charge on any atom is -0.480 e. The third kappa shape index (κ3) is 3.03. The lowest BCUT2D eigenvalue weighted by Crippen LogP contribution is -2.41. The first-order chi connectivity index (χ1) is 11.5. The van der Waals surface area contributed by atoms with Crippen molar-refractivity contribution < 1.29 is 9.90 Å². The molecule has 3 rings (SSSR count). The molecule has 1 N–H and O–H groups in total. The Kier molecular flexibility index (Phi) is 4.35. The average molecular weight is 389 g/mol. The van der Waals surface area contributed by atoms with Gasteiger partial charge in [0.25, 0.3) is 5.56 Å². The Morgan fingerprint density at radius 3 is 2.42 bits per heavy atom. The average Bonchev–Trinajstić information content (AvgIpc) is 2.56. The van der Waals surface area contributed by atoms with E-state index < -0.39 is 23.8 Å². The molecule has 7 heteroatoms. The van der Waals surface area contributed by atoms with Crippen LogP contribution in [0, 0.1) is 0 Å². The van der Waals surface area contributed by atoms with E-state index in [1.165, 1.54) is 4.57 Å². The van der Waals surface area contributed by atoms with Crippen molar-refractivity contribution in [2.75, 3.05) is 0 Å². The summed E-state index contributed by atoms with van der Waals surface area (Å²) in [5.74, 6) is -1.24. The van der Waals surface area contributed by atoms with Crippen molar-refractivity contribution in [1.29, 1.82) is 0 Å². The Hall–Kier alpha value is -2.67. The van der Waals surface area contributed by atoms with E-state index in [0.717, 1.165) is 10.1 Å². The van der Waals surface area contributed by atoms with Gasteiger partial charge in [0.1, 0.15) is 6.54 Å². The van der Waals surface area contributed by atoms with Gasteiger partial charge >= 0.3 is 11.7 Å². The number of aromatic nitrogens is 2. The Morgan fingerprint density at radius 1 is 1.04 bits per heavy atom. The summed E-state index contributed by atoms with van der Waals surface area (Å²) in [6.45, 7) is -0.424. The fourth-order valence-corrected chi connectivity index (χ4v) is 2.95. The molecular weight excluding hydrogens is 376 g/mol.